The zero-order valence-corrected chi connectivity index (χ0v) is 7.60. The SMILES string of the molecule is N#Cc1cc2c(cc1[N+](=O)[O-])OCCO2. The van der Waals surface area contributed by atoms with E-state index in [9.17, 15) is 10.1 Å². The third-order valence-corrected chi connectivity index (χ3v) is 1.98. The number of nitro groups is 1. The van der Waals surface area contributed by atoms with E-state index in [4.69, 9.17) is 14.7 Å². The van der Waals surface area contributed by atoms with Crippen LogP contribution in [0, 0.1) is 21.4 Å². The van der Waals surface area contributed by atoms with E-state index in [0.717, 1.165) is 0 Å². The van der Waals surface area contributed by atoms with Gasteiger partial charge in [-0.2, -0.15) is 5.26 Å². The van der Waals surface area contributed by atoms with E-state index in [1.54, 1.807) is 6.07 Å². The largest absolute Gasteiger partial charge is 0.486 e. The minimum Gasteiger partial charge on any atom is -0.486 e. The lowest BCUT2D eigenvalue weighted by Gasteiger charge is -2.17. The summed E-state index contributed by atoms with van der Waals surface area (Å²) in [7, 11) is 0. The van der Waals surface area contributed by atoms with Crippen molar-refractivity contribution in [2.24, 2.45) is 0 Å². The number of nitrogens with zero attached hydrogens (tertiary/aromatic N) is 2. The highest BCUT2D eigenvalue weighted by Gasteiger charge is 2.21. The monoisotopic (exact) mass is 206 g/mol. The van der Waals surface area contributed by atoms with Gasteiger partial charge in [0.2, 0.25) is 0 Å². The van der Waals surface area contributed by atoms with Crippen LogP contribution in [0.5, 0.6) is 11.5 Å². The van der Waals surface area contributed by atoms with Gasteiger partial charge in [-0.15, -0.1) is 0 Å². The van der Waals surface area contributed by atoms with Crippen molar-refractivity contribution >= 4 is 5.69 Å². The number of nitriles is 1. The molecule has 0 aliphatic carbocycles. The van der Waals surface area contributed by atoms with Gasteiger partial charge in [-0.25, -0.2) is 0 Å². The van der Waals surface area contributed by atoms with Crippen LogP contribution in [0.4, 0.5) is 5.69 Å². The molecule has 1 aliphatic rings. The summed E-state index contributed by atoms with van der Waals surface area (Å²) in [6, 6.07) is 4.29. The first-order chi connectivity index (χ1) is 7.22. The van der Waals surface area contributed by atoms with Crippen molar-refractivity contribution in [2.45, 2.75) is 0 Å². The maximum absolute atomic E-state index is 10.6. The molecule has 0 saturated heterocycles. The standard InChI is InChI=1S/C9H6N2O4/c10-5-6-3-8-9(15-2-1-14-8)4-7(6)11(12)13/h3-4H,1-2H2. The molecule has 1 heterocycles. The Morgan fingerprint density at radius 1 is 1.33 bits per heavy atom. The molecule has 0 atom stereocenters. The average molecular weight is 206 g/mol. The van der Waals surface area contributed by atoms with Crippen LogP contribution < -0.4 is 9.47 Å². The first-order valence-electron chi connectivity index (χ1n) is 4.20. The summed E-state index contributed by atoms with van der Waals surface area (Å²) in [4.78, 5) is 10.0. The van der Waals surface area contributed by atoms with Gasteiger partial charge in [0, 0.05) is 6.07 Å². The Balaban J connectivity index is 2.57. The van der Waals surface area contributed by atoms with Gasteiger partial charge in [0.05, 0.1) is 11.0 Å². The van der Waals surface area contributed by atoms with Gasteiger partial charge >= 0.3 is 0 Å². The number of ether oxygens (including phenoxy) is 2. The van der Waals surface area contributed by atoms with E-state index in [1.807, 2.05) is 0 Å². The van der Waals surface area contributed by atoms with E-state index >= 15 is 0 Å². The molecule has 6 heteroatoms. The van der Waals surface area contributed by atoms with Crippen LogP contribution in [0.3, 0.4) is 0 Å². The van der Waals surface area contributed by atoms with Crippen LogP contribution in [-0.4, -0.2) is 18.1 Å². The molecule has 1 aliphatic heterocycles. The fourth-order valence-corrected chi connectivity index (χ4v) is 1.32. The fourth-order valence-electron chi connectivity index (χ4n) is 1.32. The van der Waals surface area contributed by atoms with Gasteiger partial charge in [0.15, 0.2) is 11.5 Å². The van der Waals surface area contributed by atoms with E-state index in [0.29, 0.717) is 24.7 Å². The van der Waals surface area contributed by atoms with Crippen molar-refractivity contribution in [2.75, 3.05) is 13.2 Å². The quantitative estimate of drug-likeness (QED) is 0.509. The van der Waals surface area contributed by atoms with Crippen LogP contribution in [0.25, 0.3) is 0 Å². The highest BCUT2D eigenvalue weighted by molar-refractivity contribution is 5.59. The minimum atomic E-state index is -0.614. The molecule has 0 unspecified atom stereocenters. The van der Waals surface area contributed by atoms with Crippen molar-refractivity contribution < 1.29 is 14.4 Å². The van der Waals surface area contributed by atoms with Crippen molar-refractivity contribution in [1.29, 1.82) is 5.26 Å². The number of benzene rings is 1. The number of fused-ring (bicyclic) bond motifs is 1. The molecule has 0 N–H and O–H groups in total. The fraction of sp³-hybridized carbons (Fsp3) is 0.222. The van der Waals surface area contributed by atoms with Crippen molar-refractivity contribution in [3.63, 3.8) is 0 Å². The number of hydrogen-bond acceptors (Lipinski definition) is 5. The Labute approximate surface area is 84.8 Å². The summed E-state index contributed by atoms with van der Waals surface area (Å²) in [5.74, 6) is 0.690. The smallest absolute Gasteiger partial charge is 0.291 e. The van der Waals surface area contributed by atoms with Crippen LogP contribution in [0.2, 0.25) is 0 Å². The van der Waals surface area contributed by atoms with E-state index in [1.165, 1.54) is 12.1 Å². The molecule has 0 aromatic heterocycles. The van der Waals surface area contributed by atoms with Crippen LogP contribution in [0.15, 0.2) is 12.1 Å². The first kappa shape index (κ1) is 9.27. The summed E-state index contributed by atoms with van der Waals surface area (Å²) < 4.78 is 10.4. The normalized spacial score (nSPS) is 13.0. The molecule has 0 saturated carbocycles. The molecule has 0 fully saturated rings. The van der Waals surface area contributed by atoms with Gasteiger partial charge in [-0.05, 0) is 0 Å². The molecule has 1 aromatic rings. The molecule has 0 spiro atoms. The van der Waals surface area contributed by atoms with E-state index in [-0.39, 0.29) is 11.3 Å². The molecule has 15 heavy (non-hydrogen) atoms. The molecular formula is C9H6N2O4. The Morgan fingerprint density at radius 2 is 1.93 bits per heavy atom. The second kappa shape index (κ2) is 3.46. The molecule has 1 aromatic carbocycles. The number of rotatable bonds is 1. The highest BCUT2D eigenvalue weighted by Crippen LogP contribution is 2.36. The Morgan fingerprint density at radius 3 is 2.47 bits per heavy atom. The Kier molecular flexibility index (Phi) is 2.14. The first-order valence-corrected chi connectivity index (χ1v) is 4.20. The molecule has 2 rings (SSSR count). The van der Waals surface area contributed by atoms with Gasteiger partial charge in [-0.1, -0.05) is 0 Å². The molecule has 0 bridgehead atoms. The van der Waals surface area contributed by atoms with Crippen LogP contribution in [-0.2, 0) is 0 Å². The molecule has 0 amide bonds. The number of nitro benzene ring substituents is 1. The minimum absolute atomic E-state index is 0.0238. The van der Waals surface area contributed by atoms with Gasteiger partial charge in [0.25, 0.3) is 5.69 Å². The summed E-state index contributed by atoms with van der Waals surface area (Å²) in [5, 5.41) is 19.3. The molecular weight excluding hydrogens is 200 g/mol. The lowest BCUT2D eigenvalue weighted by molar-refractivity contribution is -0.385. The molecule has 76 valence electrons. The topological polar surface area (TPSA) is 85.4 Å². The van der Waals surface area contributed by atoms with Crippen LogP contribution in [0.1, 0.15) is 5.56 Å². The molecule has 6 nitrogen and oxygen atoms in total. The predicted octanol–water partition coefficient (Wildman–Crippen LogP) is 1.24. The van der Waals surface area contributed by atoms with Crippen molar-refractivity contribution in [3.8, 4) is 17.6 Å². The second-order valence-electron chi connectivity index (χ2n) is 2.88. The van der Waals surface area contributed by atoms with Crippen LogP contribution >= 0.6 is 0 Å². The lowest BCUT2D eigenvalue weighted by atomic mass is 10.1. The lowest BCUT2D eigenvalue weighted by Crippen LogP contribution is -2.15. The van der Waals surface area contributed by atoms with Gasteiger partial charge < -0.3 is 9.47 Å². The molecule has 0 radical (unpaired) electrons. The maximum atomic E-state index is 10.6. The third-order valence-electron chi connectivity index (χ3n) is 1.98. The summed E-state index contributed by atoms with van der Waals surface area (Å²) in [6.07, 6.45) is 0. The van der Waals surface area contributed by atoms with E-state index < -0.39 is 4.92 Å². The van der Waals surface area contributed by atoms with Crippen molar-refractivity contribution in [3.05, 3.63) is 27.8 Å². The summed E-state index contributed by atoms with van der Waals surface area (Å²) in [6.45, 7) is 0.742. The second-order valence-corrected chi connectivity index (χ2v) is 2.88. The summed E-state index contributed by atoms with van der Waals surface area (Å²) in [5.41, 5.74) is -0.286. The van der Waals surface area contributed by atoms with E-state index in [2.05, 4.69) is 0 Å². The summed E-state index contributed by atoms with van der Waals surface area (Å²) >= 11 is 0. The zero-order chi connectivity index (χ0) is 10.8. The van der Waals surface area contributed by atoms with Gasteiger partial charge in [-0.3, -0.25) is 10.1 Å². The Hall–Kier alpha value is -2.29. The zero-order valence-electron chi connectivity index (χ0n) is 7.60. The van der Waals surface area contributed by atoms with Crippen molar-refractivity contribution in [1.82, 2.24) is 0 Å². The van der Waals surface area contributed by atoms with Gasteiger partial charge in [0.1, 0.15) is 24.8 Å². The predicted molar refractivity (Wildman–Crippen MR) is 48.8 cm³/mol. The Bertz CT molecular complexity index is 464. The maximum Gasteiger partial charge on any atom is 0.291 e. The third kappa shape index (κ3) is 1.55. The average Bonchev–Trinajstić information content (AvgIpc) is 2.27. The number of hydrogen-bond donors (Lipinski definition) is 0. The highest BCUT2D eigenvalue weighted by atomic mass is 16.6.